The van der Waals surface area contributed by atoms with Crippen LogP contribution in [0.2, 0.25) is 0 Å². The second kappa shape index (κ2) is 13.6. The zero-order valence-corrected chi connectivity index (χ0v) is 24.3. The summed E-state index contributed by atoms with van der Waals surface area (Å²) in [6.45, 7) is 4.37. The fraction of sp³-hybridized carbons (Fsp3) is 0.686. The van der Waals surface area contributed by atoms with Crippen molar-refractivity contribution in [1.29, 1.82) is 0 Å². The van der Waals surface area contributed by atoms with Crippen LogP contribution in [0.3, 0.4) is 0 Å². The number of phenolic OH excluding ortho intramolecular Hbond substituents is 1. The Bertz CT molecular complexity index is 1030. The van der Waals surface area contributed by atoms with Crippen molar-refractivity contribution < 1.29 is 10.2 Å². The summed E-state index contributed by atoms with van der Waals surface area (Å²) < 4.78 is 0. The Hall–Kier alpha value is -1.91. The maximum absolute atomic E-state index is 11.5. The number of aliphatic hydroxyl groups is 1. The number of hydrogen-bond donors (Lipinski definition) is 3. The standard InChI is InChI=1S/C35H52N2O2/c1-35-20-19-31-30-18-16-29(38)23-26(30)15-17-32(31)33(35)24-27(34(35)39)13-9-7-5-3-2-4-6-8-11-21-36-25-28-14-10-12-22-37-28/h10,12,14,16,18,22-23,27,31-34,36,38-39H,2-9,11,13,15,17,19-21,24-25H2,1H3/t27-,31+,32+,33-,34-,35-/m0/s1. The number of pyridine rings is 1. The molecule has 0 bridgehead atoms. The maximum Gasteiger partial charge on any atom is 0.115 e. The topological polar surface area (TPSA) is 65.4 Å². The highest BCUT2D eigenvalue weighted by Crippen LogP contribution is 2.62. The summed E-state index contributed by atoms with van der Waals surface area (Å²) in [6, 6.07) is 12.2. The number of phenols is 1. The van der Waals surface area contributed by atoms with E-state index in [4.69, 9.17) is 0 Å². The molecule has 3 N–H and O–H groups in total. The fourth-order valence-corrected chi connectivity index (χ4v) is 8.61. The Balaban J connectivity index is 0.936. The van der Waals surface area contributed by atoms with Gasteiger partial charge in [-0.2, -0.15) is 0 Å². The molecule has 0 spiro atoms. The quantitative estimate of drug-likeness (QED) is 0.216. The van der Waals surface area contributed by atoms with Crippen molar-refractivity contribution in [1.82, 2.24) is 10.3 Å². The first-order valence-corrected chi connectivity index (χ1v) is 16.2. The number of aliphatic hydroxyl groups excluding tert-OH is 1. The molecule has 3 aliphatic rings. The first-order valence-electron chi connectivity index (χ1n) is 16.2. The van der Waals surface area contributed by atoms with E-state index in [0.29, 0.717) is 29.4 Å². The van der Waals surface area contributed by atoms with E-state index in [1.54, 1.807) is 0 Å². The van der Waals surface area contributed by atoms with Gasteiger partial charge in [0.2, 0.25) is 0 Å². The van der Waals surface area contributed by atoms with Crippen molar-refractivity contribution in [2.24, 2.45) is 23.2 Å². The number of rotatable bonds is 14. The van der Waals surface area contributed by atoms with Gasteiger partial charge in [0.05, 0.1) is 11.8 Å². The lowest BCUT2D eigenvalue weighted by Gasteiger charge is -2.50. The number of nitrogens with one attached hydrogen (secondary N) is 1. The summed E-state index contributed by atoms with van der Waals surface area (Å²) in [4.78, 5) is 4.36. The molecule has 214 valence electrons. The molecular weight excluding hydrogens is 480 g/mol. The first kappa shape index (κ1) is 28.6. The van der Waals surface area contributed by atoms with E-state index in [9.17, 15) is 10.2 Å². The summed E-state index contributed by atoms with van der Waals surface area (Å²) in [5.41, 5.74) is 4.08. The largest absolute Gasteiger partial charge is 0.508 e. The molecule has 0 saturated heterocycles. The lowest BCUT2D eigenvalue weighted by Crippen LogP contribution is -2.44. The fourth-order valence-electron chi connectivity index (χ4n) is 8.61. The second-order valence-electron chi connectivity index (χ2n) is 13.3. The highest BCUT2D eigenvalue weighted by Gasteiger charge is 2.57. The zero-order chi connectivity index (χ0) is 27.1. The third kappa shape index (κ3) is 6.88. The third-order valence-electron chi connectivity index (χ3n) is 10.8. The Kier molecular flexibility index (Phi) is 10.0. The van der Waals surface area contributed by atoms with Crippen molar-refractivity contribution in [3.8, 4) is 5.75 Å². The lowest BCUT2D eigenvalue weighted by molar-refractivity contribution is -0.0335. The predicted molar refractivity (Wildman–Crippen MR) is 160 cm³/mol. The molecule has 0 radical (unpaired) electrons. The molecule has 2 aromatic rings. The van der Waals surface area contributed by atoms with Crippen LogP contribution in [0.15, 0.2) is 42.6 Å². The molecule has 3 aliphatic carbocycles. The van der Waals surface area contributed by atoms with Gasteiger partial charge in [-0.05, 0) is 116 Å². The van der Waals surface area contributed by atoms with E-state index in [1.807, 2.05) is 30.5 Å². The number of nitrogens with zero attached hydrogens (tertiary/aromatic N) is 1. The SMILES string of the molecule is C[C@]12CC[C@@H]3c4ccc(O)cc4CC[C@H]3[C@@H]1C[C@H](CCCCCCCCCCCNCc1ccccn1)[C@@H]2O. The first-order chi connectivity index (χ1) is 19.1. The smallest absolute Gasteiger partial charge is 0.115 e. The molecule has 0 amide bonds. The van der Waals surface area contributed by atoms with Gasteiger partial charge in [-0.15, -0.1) is 0 Å². The number of unbranched alkanes of at least 4 members (excludes halogenated alkanes) is 8. The molecule has 2 fully saturated rings. The van der Waals surface area contributed by atoms with Crippen LogP contribution in [0.5, 0.6) is 5.75 Å². The summed E-state index contributed by atoms with van der Waals surface area (Å²) in [5.74, 6) is 2.89. The molecule has 1 heterocycles. The van der Waals surface area contributed by atoms with Gasteiger partial charge in [0.25, 0.3) is 0 Å². The van der Waals surface area contributed by atoms with Crippen molar-refractivity contribution >= 4 is 0 Å². The van der Waals surface area contributed by atoms with E-state index >= 15 is 0 Å². The lowest BCUT2D eigenvalue weighted by atomic mass is 9.55. The number of benzene rings is 1. The number of aromatic nitrogens is 1. The Morgan fingerprint density at radius 2 is 1.72 bits per heavy atom. The second-order valence-corrected chi connectivity index (χ2v) is 13.3. The van der Waals surface area contributed by atoms with Crippen molar-refractivity contribution in [2.75, 3.05) is 6.54 Å². The zero-order valence-electron chi connectivity index (χ0n) is 24.3. The summed E-state index contributed by atoms with van der Waals surface area (Å²) in [5, 5.41) is 24.9. The maximum atomic E-state index is 11.5. The molecule has 5 rings (SSSR count). The Morgan fingerprint density at radius 3 is 2.49 bits per heavy atom. The normalized spacial score (nSPS) is 29.5. The average molecular weight is 533 g/mol. The molecule has 0 aliphatic heterocycles. The van der Waals surface area contributed by atoms with E-state index in [2.05, 4.69) is 29.4 Å². The summed E-state index contributed by atoms with van der Waals surface area (Å²) in [7, 11) is 0. The van der Waals surface area contributed by atoms with Crippen LogP contribution in [0, 0.1) is 23.2 Å². The van der Waals surface area contributed by atoms with Crippen molar-refractivity contribution in [3.63, 3.8) is 0 Å². The minimum atomic E-state index is -0.122. The molecule has 0 unspecified atom stereocenters. The Labute approximate surface area is 237 Å². The number of aryl methyl sites for hydroxylation is 1. The minimum absolute atomic E-state index is 0.105. The van der Waals surface area contributed by atoms with E-state index in [0.717, 1.165) is 31.6 Å². The van der Waals surface area contributed by atoms with Crippen LogP contribution in [0.25, 0.3) is 0 Å². The van der Waals surface area contributed by atoms with Crippen LogP contribution in [0.4, 0.5) is 0 Å². The predicted octanol–water partition coefficient (Wildman–Crippen LogP) is 7.92. The number of fused-ring (bicyclic) bond motifs is 5. The third-order valence-corrected chi connectivity index (χ3v) is 10.8. The van der Waals surface area contributed by atoms with E-state index in [-0.39, 0.29) is 11.5 Å². The Morgan fingerprint density at radius 1 is 0.949 bits per heavy atom. The molecule has 2 saturated carbocycles. The van der Waals surface area contributed by atoms with E-state index < -0.39 is 0 Å². The molecule has 4 heteroatoms. The number of hydrogen-bond acceptors (Lipinski definition) is 4. The van der Waals surface area contributed by atoms with Crippen LogP contribution in [-0.2, 0) is 13.0 Å². The molecule has 39 heavy (non-hydrogen) atoms. The van der Waals surface area contributed by atoms with Crippen molar-refractivity contribution in [3.05, 3.63) is 59.4 Å². The average Bonchev–Trinajstić information content (AvgIpc) is 3.21. The summed E-state index contributed by atoms with van der Waals surface area (Å²) in [6.07, 6.45) is 20.8. The van der Waals surface area contributed by atoms with Gasteiger partial charge >= 0.3 is 0 Å². The van der Waals surface area contributed by atoms with Crippen LogP contribution in [0.1, 0.15) is 120 Å². The van der Waals surface area contributed by atoms with Gasteiger partial charge in [-0.1, -0.05) is 70.4 Å². The van der Waals surface area contributed by atoms with Crippen LogP contribution >= 0.6 is 0 Å². The van der Waals surface area contributed by atoms with Crippen LogP contribution in [-0.4, -0.2) is 27.8 Å². The highest BCUT2D eigenvalue weighted by molar-refractivity contribution is 5.40. The summed E-state index contributed by atoms with van der Waals surface area (Å²) >= 11 is 0. The molecule has 1 aromatic carbocycles. The highest BCUT2D eigenvalue weighted by atomic mass is 16.3. The van der Waals surface area contributed by atoms with Gasteiger partial charge < -0.3 is 15.5 Å². The van der Waals surface area contributed by atoms with Gasteiger partial charge in [0, 0.05) is 12.7 Å². The molecule has 6 atom stereocenters. The molecule has 4 nitrogen and oxygen atoms in total. The molecule has 1 aromatic heterocycles. The monoisotopic (exact) mass is 532 g/mol. The van der Waals surface area contributed by atoms with Crippen LogP contribution < -0.4 is 5.32 Å². The van der Waals surface area contributed by atoms with Gasteiger partial charge in [0.15, 0.2) is 0 Å². The van der Waals surface area contributed by atoms with Crippen molar-refractivity contribution in [2.45, 2.75) is 122 Å². The van der Waals surface area contributed by atoms with Gasteiger partial charge in [-0.25, -0.2) is 0 Å². The van der Waals surface area contributed by atoms with Gasteiger partial charge in [-0.3, -0.25) is 4.98 Å². The van der Waals surface area contributed by atoms with Gasteiger partial charge in [0.1, 0.15) is 5.75 Å². The van der Waals surface area contributed by atoms with E-state index in [1.165, 1.54) is 94.6 Å². The number of aromatic hydroxyl groups is 1. The molecular formula is C35H52N2O2. The minimum Gasteiger partial charge on any atom is -0.508 e.